The predicted molar refractivity (Wildman–Crippen MR) is 78.0 cm³/mol. The summed E-state index contributed by atoms with van der Waals surface area (Å²) in [5, 5.41) is 2.97. The van der Waals surface area contributed by atoms with Crippen LogP contribution in [-0.4, -0.2) is 42.0 Å². The van der Waals surface area contributed by atoms with Gasteiger partial charge in [-0.25, -0.2) is 0 Å². The normalized spacial score (nSPS) is 19.9. The topological polar surface area (TPSA) is 58.4 Å². The molecule has 2 unspecified atom stereocenters. The molecule has 0 aliphatic heterocycles. The second kappa shape index (κ2) is 7.31. The Morgan fingerprint density at radius 1 is 1.56 bits per heavy atom. The first-order chi connectivity index (χ1) is 7.88. The van der Waals surface area contributed by atoms with Gasteiger partial charge >= 0.3 is 0 Å². The molecule has 18 heavy (non-hydrogen) atoms. The van der Waals surface area contributed by atoms with Gasteiger partial charge in [-0.1, -0.05) is 13.3 Å². The lowest BCUT2D eigenvalue weighted by atomic mass is 9.96. The third-order valence-corrected chi connectivity index (χ3v) is 3.66. The Morgan fingerprint density at radius 3 is 2.56 bits per heavy atom. The minimum Gasteiger partial charge on any atom is -0.353 e. The highest BCUT2D eigenvalue weighted by atomic mass is 35.5. The van der Waals surface area contributed by atoms with Gasteiger partial charge in [-0.2, -0.15) is 0 Å². The average molecular weight is 278 g/mol. The lowest BCUT2D eigenvalue weighted by molar-refractivity contribution is -0.126. The van der Waals surface area contributed by atoms with E-state index in [-0.39, 0.29) is 18.3 Å². The van der Waals surface area contributed by atoms with Crippen molar-refractivity contribution >= 4 is 18.3 Å². The quantitative estimate of drug-likeness (QED) is 0.742. The second-order valence-corrected chi connectivity index (χ2v) is 5.62. The van der Waals surface area contributed by atoms with E-state index in [2.05, 4.69) is 24.2 Å². The lowest BCUT2D eigenvalue weighted by Gasteiger charge is -2.28. The van der Waals surface area contributed by atoms with Gasteiger partial charge in [-0.05, 0) is 40.2 Å². The third kappa shape index (κ3) is 5.12. The Labute approximate surface area is 117 Å². The van der Waals surface area contributed by atoms with Crippen LogP contribution in [0, 0.1) is 0 Å². The number of likely N-dealkylation sites (N-methyl/N-ethyl adjacent to an activating group) is 1. The maximum Gasteiger partial charge on any atom is 0.239 e. The highest BCUT2D eigenvalue weighted by Crippen LogP contribution is 2.26. The Balaban J connectivity index is 0.00000289. The molecule has 0 radical (unpaired) electrons. The SMILES string of the molecule is CCCC(C)(N)C(=O)NCC(C)N(C)C1CC1.Cl. The number of hydrogen-bond acceptors (Lipinski definition) is 3. The average Bonchev–Trinajstić information content (AvgIpc) is 3.07. The molecule has 1 saturated carbocycles. The minimum absolute atomic E-state index is 0. The van der Waals surface area contributed by atoms with Crippen molar-refractivity contribution in [3.63, 3.8) is 0 Å². The van der Waals surface area contributed by atoms with E-state index in [0.29, 0.717) is 12.6 Å². The summed E-state index contributed by atoms with van der Waals surface area (Å²) >= 11 is 0. The number of nitrogens with two attached hydrogens (primary N) is 1. The van der Waals surface area contributed by atoms with Crippen molar-refractivity contribution in [1.29, 1.82) is 0 Å². The minimum atomic E-state index is -0.730. The van der Waals surface area contributed by atoms with Crippen LogP contribution in [0.5, 0.6) is 0 Å². The molecule has 0 bridgehead atoms. The van der Waals surface area contributed by atoms with Crippen molar-refractivity contribution in [2.45, 2.75) is 64.1 Å². The van der Waals surface area contributed by atoms with E-state index in [0.717, 1.165) is 18.9 Å². The first-order valence-electron chi connectivity index (χ1n) is 6.67. The van der Waals surface area contributed by atoms with Gasteiger partial charge in [-0.15, -0.1) is 12.4 Å². The number of carbonyl (C=O) groups is 1. The number of nitrogens with zero attached hydrogens (tertiary/aromatic N) is 1. The Bertz CT molecular complexity index is 267. The van der Waals surface area contributed by atoms with E-state index >= 15 is 0 Å². The molecular formula is C13H28ClN3O. The van der Waals surface area contributed by atoms with E-state index < -0.39 is 5.54 Å². The van der Waals surface area contributed by atoms with E-state index in [4.69, 9.17) is 5.73 Å². The molecule has 0 saturated heterocycles. The summed E-state index contributed by atoms with van der Waals surface area (Å²) < 4.78 is 0. The fraction of sp³-hybridized carbons (Fsp3) is 0.923. The molecule has 3 N–H and O–H groups in total. The van der Waals surface area contributed by atoms with Crippen LogP contribution in [0.1, 0.15) is 46.5 Å². The molecule has 1 amide bonds. The van der Waals surface area contributed by atoms with Gasteiger partial charge in [0.2, 0.25) is 5.91 Å². The van der Waals surface area contributed by atoms with Crippen molar-refractivity contribution in [3.8, 4) is 0 Å². The Hall–Kier alpha value is -0.320. The van der Waals surface area contributed by atoms with Gasteiger partial charge in [0.25, 0.3) is 0 Å². The molecule has 1 rings (SSSR count). The zero-order valence-corrected chi connectivity index (χ0v) is 12.8. The maximum atomic E-state index is 11.9. The number of hydrogen-bond donors (Lipinski definition) is 2. The number of carbonyl (C=O) groups excluding carboxylic acids is 1. The molecule has 1 aliphatic rings. The van der Waals surface area contributed by atoms with Gasteiger partial charge in [-0.3, -0.25) is 9.69 Å². The smallest absolute Gasteiger partial charge is 0.239 e. The first kappa shape index (κ1) is 17.7. The molecule has 108 valence electrons. The molecule has 0 spiro atoms. The molecule has 5 heteroatoms. The largest absolute Gasteiger partial charge is 0.353 e. The van der Waals surface area contributed by atoms with Gasteiger partial charge in [0.05, 0.1) is 5.54 Å². The monoisotopic (exact) mass is 277 g/mol. The molecule has 0 heterocycles. The molecule has 1 aliphatic carbocycles. The van der Waals surface area contributed by atoms with E-state index in [1.165, 1.54) is 12.8 Å². The molecule has 1 fully saturated rings. The van der Waals surface area contributed by atoms with Crippen LogP contribution in [0.3, 0.4) is 0 Å². The van der Waals surface area contributed by atoms with Gasteiger partial charge in [0.1, 0.15) is 0 Å². The fourth-order valence-electron chi connectivity index (χ4n) is 2.06. The summed E-state index contributed by atoms with van der Waals surface area (Å²) in [4.78, 5) is 14.3. The van der Waals surface area contributed by atoms with Crippen LogP contribution in [0.4, 0.5) is 0 Å². The highest BCUT2D eigenvalue weighted by molar-refractivity contribution is 5.85. The summed E-state index contributed by atoms with van der Waals surface area (Å²) in [6.07, 6.45) is 4.24. The standard InChI is InChI=1S/C13H27N3O.ClH/c1-5-8-13(3,14)12(17)15-9-10(2)16(4)11-6-7-11;/h10-11H,5-9,14H2,1-4H3,(H,15,17);1H. The number of amides is 1. The van der Waals surface area contributed by atoms with Crippen LogP contribution >= 0.6 is 12.4 Å². The summed E-state index contributed by atoms with van der Waals surface area (Å²) in [6, 6.07) is 1.10. The lowest BCUT2D eigenvalue weighted by Crippen LogP contribution is -2.53. The van der Waals surface area contributed by atoms with Crippen LogP contribution < -0.4 is 11.1 Å². The zero-order valence-electron chi connectivity index (χ0n) is 12.0. The summed E-state index contributed by atoms with van der Waals surface area (Å²) in [6.45, 7) is 6.68. The molecule has 0 aromatic carbocycles. The molecule has 0 aromatic rings. The van der Waals surface area contributed by atoms with Gasteiger partial charge in [0, 0.05) is 18.6 Å². The molecule has 4 nitrogen and oxygen atoms in total. The van der Waals surface area contributed by atoms with Gasteiger partial charge < -0.3 is 11.1 Å². The first-order valence-corrected chi connectivity index (χ1v) is 6.67. The second-order valence-electron chi connectivity index (χ2n) is 5.62. The van der Waals surface area contributed by atoms with Crippen molar-refractivity contribution in [1.82, 2.24) is 10.2 Å². The van der Waals surface area contributed by atoms with Crippen LogP contribution in [0.15, 0.2) is 0 Å². The highest BCUT2D eigenvalue weighted by Gasteiger charge is 2.31. The maximum absolute atomic E-state index is 11.9. The van der Waals surface area contributed by atoms with E-state index in [9.17, 15) is 4.79 Å². The Kier molecular flexibility index (Phi) is 7.18. The van der Waals surface area contributed by atoms with E-state index in [1.54, 1.807) is 6.92 Å². The number of rotatable bonds is 7. The van der Waals surface area contributed by atoms with Gasteiger partial charge in [0.15, 0.2) is 0 Å². The van der Waals surface area contributed by atoms with Crippen LogP contribution in [-0.2, 0) is 4.79 Å². The molecular weight excluding hydrogens is 250 g/mol. The fourth-order valence-corrected chi connectivity index (χ4v) is 2.06. The number of halogens is 1. The Morgan fingerprint density at radius 2 is 2.11 bits per heavy atom. The van der Waals surface area contributed by atoms with Crippen molar-refractivity contribution in [2.24, 2.45) is 5.73 Å². The van der Waals surface area contributed by atoms with Crippen LogP contribution in [0.25, 0.3) is 0 Å². The summed E-state index contributed by atoms with van der Waals surface area (Å²) in [7, 11) is 2.13. The third-order valence-electron chi connectivity index (χ3n) is 3.66. The van der Waals surface area contributed by atoms with Crippen molar-refractivity contribution in [3.05, 3.63) is 0 Å². The summed E-state index contributed by atoms with van der Waals surface area (Å²) in [5.74, 6) is -0.0320. The molecule has 0 aromatic heterocycles. The zero-order chi connectivity index (χ0) is 13.1. The van der Waals surface area contributed by atoms with Crippen LogP contribution in [0.2, 0.25) is 0 Å². The number of nitrogens with one attached hydrogen (secondary N) is 1. The predicted octanol–water partition coefficient (Wildman–Crippen LogP) is 1.52. The van der Waals surface area contributed by atoms with Crippen molar-refractivity contribution < 1.29 is 4.79 Å². The van der Waals surface area contributed by atoms with Crippen molar-refractivity contribution in [2.75, 3.05) is 13.6 Å². The molecule has 2 atom stereocenters. The van der Waals surface area contributed by atoms with E-state index in [1.807, 2.05) is 6.92 Å². The summed E-state index contributed by atoms with van der Waals surface area (Å²) in [5.41, 5.74) is 5.25.